The molecule has 0 aromatic heterocycles. The van der Waals surface area contributed by atoms with Gasteiger partial charge in [-0.05, 0) is 73.6 Å². The summed E-state index contributed by atoms with van der Waals surface area (Å²) in [5.41, 5.74) is 5.05. The standard InChI is InChI=1S/C29H34N4O2/c1-21-14-17-33(18-15-21)27-12-11-25(32-29(35)31-24-10-6-7-22(2)19-24)20-26(27)28(34)30-16-13-23-8-4-3-5-9-23/h3-12,19-21H,13-18H2,1-2H3,(H,30,34)(H2,31,32,35). The molecule has 1 saturated heterocycles. The Labute approximate surface area is 207 Å². The van der Waals surface area contributed by atoms with Crippen LogP contribution < -0.4 is 20.9 Å². The highest BCUT2D eigenvalue weighted by molar-refractivity contribution is 6.04. The van der Waals surface area contributed by atoms with Gasteiger partial charge in [-0.15, -0.1) is 0 Å². The van der Waals surface area contributed by atoms with Gasteiger partial charge in [0.05, 0.1) is 5.56 Å². The van der Waals surface area contributed by atoms with Gasteiger partial charge in [0.25, 0.3) is 5.91 Å². The van der Waals surface area contributed by atoms with Gasteiger partial charge < -0.3 is 20.9 Å². The summed E-state index contributed by atoms with van der Waals surface area (Å²) in [4.78, 5) is 28.1. The summed E-state index contributed by atoms with van der Waals surface area (Å²) in [6.45, 7) is 6.64. The van der Waals surface area contributed by atoms with E-state index in [9.17, 15) is 9.59 Å². The van der Waals surface area contributed by atoms with E-state index in [0.29, 0.717) is 23.7 Å². The van der Waals surface area contributed by atoms with E-state index in [1.165, 1.54) is 5.56 Å². The Morgan fingerprint density at radius 3 is 2.31 bits per heavy atom. The number of hydrogen-bond acceptors (Lipinski definition) is 3. The molecule has 3 N–H and O–H groups in total. The van der Waals surface area contributed by atoms with Crippen molar-refractivity contribution < 1.29 is 9.59 Å². The summed E-state index contributed by atoms with van der Waals surface area (Å²) in [6.07, 6.45) is 2.97. The van der Waals surface area contributed by atoms with Crippen LogP contribution in [0.2, 0.25) is 0 Å². The van der Waals surface area contributed by atoms with Crippen LogP contribution in [0.15, 0.2) is 72.8 Å². The summed E-state index contributed by atoms with van der Waals surface area (Å²) in [5.74, 6) is 0.568. The first-order valence-corrected chi connectivity index (χ1v) is 12.3. The summed E-state index contributed by atoms with van der Waals surface area (Å²) >= 11 is 0. The Morgan fingerprint density at radius 2 is 1.60 bits per heavy atom. The van der Waals surface area contributed by atoms with Gasteiger partial charge in [0.2, 0.25) is 0 Å². The van der Waals surface area contributed by atoms with E-state index in [4.69, 9.17) is 0 Å². The zero-order valence-electron chi connectivity index (χ0n) is 20.5. The minimum atomic E-state index is -0.342. The van der Waals surface area contributed by atoms with Crippen molar-refractivity contribution in [2.45, 2.75) is 33.1 Å². The lowest BCUT2D eigenvalue weighted by Gasteiger charge is -2.33. The highest BCUT2D eigenvalue weighted by Crippen LogP contribution is 2.29. The highest BCUT2D eigenvalue weighted by Gasteiger charge is 2.22. The number of aryl methyl sites for hydroxylation is 1. The molecule has 0 bridgehead atoms. The van der Waals surface area contributed by atoms with Gasteiger partial charge in [0.1, 0.15) is 0 Å². The van der Waals surface area contributed by atoms with Crippen molar-refractivity contribution in [3.8, 4) is 0 Å². The molecule has 0 unspecified atom stereocenters. The second-order valence-electron chi connectivity index (χ2n) is 9.34. The average molecular weight is 471 g/mol. The van der Waals surface area contributed by atoms with Crippen LogP contribution in [0.5, 0.6) is 0 Å². The van der Waals surface area contributed by atoms with Gasteiger partial charge in [-0.25, -0.2) is 4.79 Å². The smallest absolute Gasteiger partial charge is 0.323 e. The Kier molecular flexibility index (Phi) is 8.03. The summed E-state index contributed by atoms with van der Waals surface area (Å²) in [6, 6.07) is 23.0. The Balaban J connectivity index is 1.48. The molecule has 0 radical (unpaired) electrons. The Bertz CT molecular complexity index is 1150. The molecule has 3 aromatic carbocycles. The number of hydrogen-bond donors (Lipinski definition) is 3. The molecule has 1 fully saturated rings. The molecule has 6 heteroatoms. The van der Waals surface area contributed by atoms with E-state index in [-0.39, 0.29) is 11.9 Å². The number of carbonyl (C=O) groups excluding carboxylic acids is 2. The van der Waals surface area contributed by atoms with E-state index in [0.717, 1.165) is 49.3 Å². The topological polar surface area (TPSA) is 73.5 Å². The fourth-order valence-electron chi connectivity index (χ4n) is 4.40. The van der Waals surface area contributed by atoms with Crippen LogP contribution in [-0.4, -0.2) is 31.6 Å². The predicted octanol–water partition coefficient (Wildman–Crippen LogP) is 5.85. The number of nitrogens with zero attached hydrogens (tertiary/aromatic N) is 1. The van der Waals surface area contributed by atoms with Crippen molar-refractivity contribution in [3.05, 3.63) is 89.5 Å². The first-order valence-electron chi connectivity index (χ1n) is 12.3. The number of rotatable bonds is 7. The molecule has 35 heavy (non-hydrogen) atoms. The van der Waals surface area contributed by atoms with Crippen molar-refractivity contribution in [3.63, 3.8) is 0 Å². The third-order valence-electron chi connectivity index (χ3n) is 6.44. The van der Waals surface area contributed by atoms with E-state index in [2.05, 4.69) is 39.9 Å². The maximum absolute atomic E-state index is 13.3. The summed E-state index contributed by atoms with van der Waals surface area (Å²) in [5, 5.41) is 8.80. The van der Waals surface area contributed by atoms with E-state index >= 15 is 0 Å². The van der Waals surface area contributed by atoms with Crippen LogP contribution in [0.3, 0.4) is 0 Å². The minimum Gasteiger partial charge on any atom is -0.371 e. The van der Waals surface area contributed by atoms with Crippen molar-refractivity contribution in [2.24, 2.45) is 5.92 Å². The number of benzene rings is 3. The quantitative estimate of drug-likeness (QED) is 0.406. The minimum absolute atomic E-state index is 0.128. The summed E-state index contributed by atoms with van der Waals surface area (Å²) in [7, 11) is 0. The molecule has 3 aromatic rings. The third kappa shape index (κ3) is 6.85. The second-order valence-corrected chi connectivity index (χ2v) is 9.34. The summed E-state index contributed by atoms with van der Waals surface area (Å²) < 4.78 is 0. The Hall–Kier alpha value is -3.80. The van der Waals surface area contributed by atoms with Gasteiger partial charge >= 0.3 is 6.03 Å². The predicted molar refractivity (Wildman–Crippen MR) is 143 cm³/mol. The van der Waals surface area contributed by atoms with Crippen molar-refractivity contribution in [1.29, 1.82) is 0 Å². The van der Waals surface area contributed by atoms with Crippen LogP contribution in [-0.2, 0) is 6.42 Å². The maximum Gasteiger partial charge on any atom is 0.323 e. The normalized spacial score (nSPS) is 13.8. The number of amides is 3. The monoisotopic (exact) mass is 470 g/mol. The largest absolute Gasteiger partial charge is 0.371 e. The van der Waals surface area contributed by atoms with Gasteiger partial charge in [0, 0.05) is 36.7 Å². The van der Waals surface area contributed by atoms with Crippen LogP contribution in [0, 0.1) is 12.8 Å². The van der Waals surface area contributed by atoms with Crippen molar-refractivity contribution in [1.82, 2.24) is 5.32 Å². The van der Waals surface area contributed by atoms with Crippen molar-refractivity contribution in [2.75, 3.05) is 35.2 Å². The lowest BCUT2D eigenvalue weighted by molar-refractivity contribution is 0.0954. The molecule has 6 nitrogen and oxygen atoms in total. The van der Waals surface area contributed by atoms with Gasteiger partial charge in [-0.3, -0.25) is 4.79 Å². The molecular formula is C29H34N4O2. The number of carbonyl (C=O) groups is 2. The van der Waals surface area contributed by atoms with Crippen LogP contribution in [0.4, 0.5) is 21.9 Å². The number of urea groups is 1. The number of piperidine rings is 1. The zero-order chi connectivity index (χ0) is 24.6. The van der Waals surface area contributed by atoms with Crippen LogP contribution >= 0.6 is 0 Å². The molecule has 4 rings (SSSR count). The molecule has 3 amide bonds. The third-order valence-corrected chi connectivity index (χ3v) is 6.44. The highest BCUT2D eigenvalue weighted by atomic mass is 16.2. The lowest BCUT2D eigenvalue weighted by Crippen LogP contribution is -2.35. The molecule has 0 saturated carbocycles. The number of nitrogens with one attached hydrogen (secondary N) is 3. The lowest BCUT2D eigenvalue weighted by atomic mass is 9.97. The molecular weight excluding hydrogens is 436 g/mol. The first kappa shape index (κ1) is 24.3. The maximum atomic E-state index is 13.3. The molecule has 1 heterocycles. The molecule has 1 aliphatic rings. The van der Waals surface area contributed by atoms with Crippen molar-refractivity contribution >= 4 is 29.0 Å². The van der Waals surface area contributed by atoms with Crippen LogP contribution in [0.1, 0.15) is 41.3 Å². The van der Waals surface area contributed by atoms with Gasteiger partial charge in [-0.2, -0.15) is 0 Å². The van der Waals surface area contributed by atoms with Gasteiger partial charge in [-0.1, -0.05) is 49.4 Å². The SMILES string of the molecule is Cc1cccc(NC(=O)Nc2ccc(N3CCC(C)CC3)c(C(=O)NCCc3ccccc3)c2)c1. The fraction of sp³-hybridized carbons (Fsp3) is 0.310. The van der Waals surface area contributed by atoms with E-state index in [1.54, 1.807) is 6.07 Å². The molecule has 1 aliphatic heterocycles. The zero-order valence-corrected chi connectivity index (χ0v) is 20.5. The second kappa shape index (κ2) is 11.6. The van der Waals surface area contributed by atoms with E-state index < -0.39 is 0 Å². The first-order chi connectivity index (χ1) is 17.0. The number of anilines is 3. The Morgan fingerprint density at radius 1 is 0.886 bits per heavy atom. The fourth-order valence-corrected chi connectivity index (χ4v) is 4.40. The molecule has 0 spiro atoms. The van der Waals surface area contributed by atoms with E-state index in [1.807, 2.05) is 61.5 Å². The van der Waals surface area contributed by atoms with Gasteiger partial charge in [0.15, 0.2) is 0 Å². The molecule has 0 atom stereocenters. The van der Waals surface area contributed by atoms with Crippen LogP contribution in [0.25, 0.3) is 0 Å². The average Bonchev–Trinajstić information content (AvgIpc) is 2.85. The molecule has 0 aliphatic carbocycles. The molecule has 182 valence electrons.